The molecule has 1 rings (SSSR count). The maximum atomic E-state index is 5.62. The summed E-state index contributed by atoms with van der Waals surface area (Å²) in [7, 11) is 3.19. The second-order valence-electron chi connectivity index (χ2n) is 3.45. The fourth-order valence-electron chi connectivity index (χ4n) is 1.35. The number of rotatable bonds is 5. The maximum absolute atomic E-state index is 5.62. The molecule has 0 aliphatic rings. The van der Waals surface area contributed by atoms with Crippen LogP contribution in [0.4, 0.5) is 0 Å². The number of hydrogen-bond acceptors (Lipinski definition) is 3. The molecule has 19 heavy (non-hydrogen) atoms. The normalized spacial score (nSPS) is 10.1. The fraction of sp³-hybridized carbons (Fsp3) is 0.308. The highest BCUT2D eigenvalue weighted by Gasteiger charge is 2.03. The van der Waals surface area contributed by atoms with Crippen LogP contribution in [-0.2, 0) is 6.54 Å². The number of methoxy groups -OCH3 is 2. The number of benzene rings is 1. The molecule has 1 aromatic carbocycles. The van der Waals surface area contributed by atoms with E-state index in [0.717, 1.165) is 5.56 Å². The number of nitrogens with two attached hydrogens (primary N) is 1. The zero-order chi connectivity index (χ0) is 13.4. The minimum Gasteiger partial charge on any atom is -0.493 e. The Balaban J connectivity index is 0.00000324. The van der Waals surface area contributed by atoms with Crippen molar-refractivity contribution in [1.82, 2.24) is 5.32 Å². The molecule has 0 bridgehead atoms. The van der Waals surface area contributed by atoms with E-state index in [9.17, 15) is 0 Å². The summed E-state index contributed by atoms with van der Waals surface area (Å²) < 4.78 is 10.4. The van der Waals surface area contributed by atoms with E-state index < -0.39 is 0 Å². The van der Waals surface area contributed by atoms with Crippen molar-refractivity contribution in [3.8, 4) is 23.8 Å². The molecule has 0 fully saturated rings. The molecule has 0 saturated carbocycles. The molecule has 0 radical (unpaired) electrons. The molecule has 6 heteroatoms. The number of hydrogen-bond donors (Lipinski definition) is 2. The van der Waals surface area contributed by atoms with Crippen molar-refractivity contribution in [1.29, 1.82) is 0 Å². The van der Waals surface area contributed by atoms with Gasteiger partial charge in [0.2, 0.25) is 0 Å². The van der Waals surface area contributed by atoms with Crippen LogP contribution in [0.3, 0.4) is 0 Å². The van der Waals surface area contributed by atoms with Gasteiger partial charge < -0.3 is 20.5 Å². The first-order chi connectivity index (χ1) is 8.71. The lowest BCUT2D eigenvalue weighted by Crippen LogP contribution is -2.31. The predicted octanol–water partition coefficient (Wildman–Crippen LogP) is 1.36. The van der Waals surface area contributed by atoms with Crippen molar-refractivity contribution < 1.29 is 9.47 Å². The summed E-state index contributed by atoms with van der Waals surface area (Å²) in [6.45, 7) is 0.811. The van der Waals surface area contributed by atoms with E-state index in [1.807, 2.05) is 18.2 Å². The topological polar surface area (TPSA) is 68.9 Å². The van der Waals surface area contributed by atoms with Crippen LogP contribution in [0.25, 0.3) is 0 Å². The third-order valence-corrected chi connectivity index (χ3v) is 2.25. The van der Waals surface area contributed by atoms with Crippen molar-refractivity contribution in [2.24, 2.45) is 10.7 Å². The Morgan fingerprint density at radius 3 is 2.63 bits per heavy atom. The Morgan fingerprint density at radius 1 is 1.37 bits per heavy atom. The van der Waals surface area contributed by atoms with Gasteiger partial charge in [0.1, 0.15) is 0 Å². The molecule has 5 nitrogen and oxygen atoms in total. The van der Waals surface area contributed by atoms with Crippen LogP contribution >= 0.6 is 24.0 Å². The molecule has 0 atom stereocenters. The molecule has 0 heterocycles. The van der Waals surface area contributed by atoms with Crippen LogP contribution in [0.1, 0.15) is 5.56 Å². The number of terminal acetylenes is 1. The standard InChI is InChI=1S/C13H17N3O2.HI/c1-4-7-15-13(14)16-9-10-5-6-11(17-2)12(8-10)18-3;/h1,5-6,8H,7,9H2,2-3H3,(H3,14,15,16);1H. The summed E-state index contributed by atoms with van der Waals surface area (Å²) in [4.78, 5) is 4.15. The van der Waals surface area contributed by atoms with Crippen LogP contribution in [0.5, 0.6) is 11.5 Å². The minimum atomic E-state index is 0. The van der Waals surface area contributed by atoms with Gasteiger partial charge in [0, 0.05) is 0 Å². The van der Waals surface area contributed by atoms with E-state index in [1.165, 1.54) is 0 Å². The summed E-state index contributed by atoms with van der Waals surface area (Å²) in [5, 5.41) is 2.79. The van der Waals surface area contributed by atoms with E-state index in [0.29, 0.717) is 30.5 Å². The Bertz CT molecular complexity index is 469. The zero-order valence-corrected chi connectivity index (χ0v) is 13.3. The quantitative estimate of drug-likeness (QED) is 0.353. The molecule has 0 aliphatic heterocycles. The highest BCUT2D eigenvalue weighted by atomic mass is 127. The van der Waals surface area contributed by atoms with E-state index >= 15 is 0 Å². The van der Waals surface area contributed by atoms with E-state index in [4.69, 9.17) is 21.6 Å². The van der Waals surface area contributed by atoms with Gasteiger partial charge in [0.15, 0.2) is 17.5 Å². The summed E-state index contributed by atoms with van der Waals surface area (Å²) in [5.74, 6) is 4.09. The maximum Gasteiger partial charge on any atom is 0.189 e. The van der Waals surface area contributed by atoms with Gasteiger partial charge in [-0.1, -0.05) is 12.0 Å². The van der Waals surface area contributed by atoms with Gasteiger partial charge in [-0.25, -0.2) is 4.99 Å². The molecule has 1 aromatic rings. The summed E-state index contributed by atoms with van der Waals surface area (Å²) >= 11 is 0. The molecule has 0 aromatic heterocycles. The van der Waals surface area contributed by atoms with Crippen molar-refractivity contribution in [3.63, 3.8) is 0 Å². The van der Waals surface area contributed by atoms with Crippen molar-refractivity contribution in [2.75, 3.05) is 20.8 Å². The Kier molecular flexibility index (Phi) is 8.53. The number of halogens is 1. The Morgan fingerprint density at radius 2 is 2.05 bits per heavy atom. The molecule has 0 aliphatic carbocycles. The first-order valence-electron chi connectivity index (χ1n) is 5.39. The molecular weight excluding hydrogens is 357 g/mol. The highest BCUT2D eigenvalue weighted by Crippen LogP contribution is 2.27. The fourth-order valence-corrected chi connectivity index (χ4v) is 1.35. The van der Waals surface area contributed by atoms with Crippen LogP contribution in [0.15, 0.2) is 23.2 Å². The number of nitrogens with zero attached hydrogens (tertiary/aromatic N) is 1. The lowest BCUT2D eigenvalue weighted by molar-refractivity contribution is 0.354. The molecule has 0 unspecified atom stereocenters. The van der Waals surface area contributed by atoms with Gasteiger partial charge in [-0.15, -0.1) is 30.4 Å². The molecule has 0 saturated heterocycles. The predicted molar refractivity (Wildman–Crippen MR) is 87.1 cm³/mol. The average Bonchev–Trinajstić information content (AvgIpc) is 2.42. The second kappa shape index (κ2) is 9.33. The second-order valence-corrected chi connectivity index (χ2v) is 3.45. The third-order valence-electron chi connectivity index (χ3n) is 2.25. The first kappa shape index (κ1) is 17.4. The summed E-state index contributed by atoms with van der Waals surface area (Å²) in [6.07, 6.45) is 5.10. The highest BCUT2D eigenvalue weighted by molar-refractivity contribution is 14.0. The van der Waals surface area contributed by atoms with E-state index in [2.05, 4.69) is 16.2 Å². The van der Waals surface area contributed by atoms with E-state index in [-0.39, 0.29) is 24.0 Å². The zero-order valence-electron chi connectivity index (χ0n) is 11.0. The number of aliphatic imine (C=N–C) groups is 1. The van der Waals surface area contributed by atoms with Crippen LogP contribution in [0.2, 0.25) is 0 Å². The van der Waals surface area contributed by atoms with Gasteiger partial charge in [-0.3, -0.25) is 0 Å². The molecule has 3 N–H and O–H groups in total. The summed E-state index contributed by atoms with van der Waals surface area (Å²) in [6, 6.07) is 5.59. The first-order valence-corrected chi connectivity index (χ1v) is 5.39. The monoisotopic (exact) mass is 375 g/mol. The van der Waals surface area contributed by atoms with Crippen LogP contribution < -0.4 is 20.5 Å². The average molecular weight is 375 g/mol. The molecule has 0 spiro atoms. The van der Waals surface area contributed by atoms with Crippen LogP contribution in [0, 0.1) is 12.3 Å². The molecule has 104 valence electrons. The third kappa shape index (κ3) is 5.70. The number of ether oxygens (including phenoxy) is 2. The lowest BCUT2D eigenvalue weighted by Gasteiger charge is -2.08. The van der Waals surface area contributed by atoms with Gasteiger partial charge in [-0.05, 0) is 17.7 Å². The van der Waals surface area contributed by atoms with Gasteiger partial charge in [0.05, 0.1) is 27.3 Å². The lowest BCUT2D eigenvalue weighted by atomic mass is 10.2. The molecular formula is C13H18IN3O2. The van der Waals surface area contributed by atoms with Crippen molar-refractivity contribution >= 4 is 29.9 Å². The Labute approximate surface area is 130 Å². The van der Waals surface area contributed by atoms with Crippen LogP contribution in [-0.4, -0.2) is 26.7 Å². The largest absolute Gasteiger partial charge is 0.493 e. The number of nitrogens with one attached hydrogen (secondary N) is 1. The smallest absolute Gasteiger partial charge is 0.189 e. The van der Waals surface area contributed by atoms with Gasteiger partial charge in [-0.2, -0.15) is 0 Å². The van der Waals surface area contributed by atoms with Crippen molar-refractivity contribution in [3.05, 3.63) is 23.8 Å². The van der Waals surface area contributed by atoms with Gasteiger partial charge in [0.25, 0.3) is 0 Å². The van der Waals surface area contributed by atoms with Gasteiger partial charge >= 0.3 is 0 Å². The molecule has 0 amide bonds. The Hall–Kier alpha value is -1.62. The van der Waals surface area contributed by atoms with E-state index in [1.54, 1.807) is 14.2 Å². The SMILES string of the molecule is C#CCNC(N)=NCc1ccc(OC)c(OC)c1.I. The minimum absolute atomic E-state index is 0. The summed E-state index contributed by atoms with van der Waals surface area (Å²) in [5.41, 5.74) is 6.59. The van der Waals surface area contributed by atoms with Crippen molar-refractivity contribution in [2.45, 2.75) is 6.54 Å². The number of guanidine groups is 1.